The molecule has 3 fully saturated rings. The predicted octanol–water partition coefficient (Wildman–Crippen LogP) is 4.44. The number of alkyl halides is 2. The van der Waals surface area contributed by atoms with Crippen LogP contribution in [0.1, 0.15) is 60.3 Å². The second-order valence-electron chi connectivity index (χ2n) is 8.32. The highest BCUT2D eigenvalue weighted by Gasteiger charge is 2.76. The number of hydrogen-bond acceptors (Lipinski definition) is 3. The number of carbonyl (C=O) groups excluding carboxylic acids is 1. The Morgan fingerprint density at radius 2 is 1.91 bits per heavy atom. The van der Waals surface area contributed by atoms with E-state index in [2.05, 4.69) is 36.7 Å². The molecule has 1 saturated carbocycles. The molecule has 2 aliphatic heterocycles. The van der Waals surface area contributed by atoms with Crippen LogP contribution in [0.2, 0.25) is 0 Å². The fourth-order valence-electron chi connectivity index (χ4n) is 5.51. The van der Waals surface area contributed by atoms with E-state index in [9.17, 15) is 4.79 Å². The number of fused-ring (bicyclic) bond motifs is 3. The number of halogens is 2. The first-order valence-electron chi connectivity index (χ1n) is 8.14. The summed E-state index contributed by atoms with van der Waals surface area (Å²) in [7, 11) is 0. The molecular weight excluding hydrogens is 368 g/mol. The monoisotopic (exact) mass is 392 g/mol. The van der Waals surface area contributed by atoms with Gasteiger partial charge in [0.1, 0.15) is 6.10 Å². The number of carbonyl (C=O) groups is 1. The molecule has 0 unspecified atom stereocenters. The van der Waals surface area contributed by atoms with Crippen molar-refractivity contribution in [2.24, 2.45) is 10.8 Å². The van der Waals surface area contributed by atoms with Crippen LogP contribution in [0.5, 0.6) is 0 Å². The highest BCUT2D eigenvalue weighted by Crippen LogP contribution is 2.72. The SMILES string of the molecule is CC(=O)O[C@@H]1C[C@@](C)(Cl)[C@H](Br)C[C@@]12C(C)(C)[C@@H]1CC[C@@]2(C)O1. The van der Waals surface area contributed by atoms with E-state index in [0.29, 0.717) is 6.42 Å². The molecule has 1 spiro atoms. The van der Waals surface area contributed by atoms with Crippen LogP contribution in [0.25, 0.3) is 0 Å². The summed E-state index contributed by atoms with van der Waals surface area (Å²) in [6.07, 6.45) is 3.66. The number of ether oxygens (including phenoxy) is 2. The maximum Gasteiger partial charge on any atom is 0.302 e. The van der Waals surface area contributed by atoms with Gasteiger partial charge in [0.2, 0.25) is 0 Å². The molecule has 0 aromatic carbocycles. The molecule has 0 N–H and O–H groups in total. The zero-order valence-corrected chi connectivity index (χ0v) is 16.4. The lowest BCUT2D eigenvalue weighted by molar-refractivity contribution is -0.184. The van der Waals surface area contributed by atoms with Crippen LogP contribution in [0.3, 0.4) is 0 Å². The lowest BCUT2D eigenvalue weighted by Crippen LogP contribution is -2.65. The molecule has 6 atom stereocenters. The molecule has 2 heterocycles. The van der Waals surface area contributed by atoms with Crippen LogP contribution in [0.15, 0.2) is 0 Å². The van der Waals surface area contributed by atoms with E-state index in [0.717, 1.165) is 19.3 Å². The van der Waals surface area contributed by atoms with Crippen molar-refractivity contribution in [3.05, 3.63) is 0 Å². The van der Waals surface area contributed by atoms with Gasteiger partial charge in [-0.25, -0.2) is 0 Å². The minimum Gasteiger partial charge on any atom is -0.462 e. The van der Waals surface area contributed by atoms with Gasteiger partial charge in [-0.05, 0) is 33.1 Å². The lowest BCUT2D eigenvalue weighted by atomic mass is 9.46. The summed E-state index contributed by atoms with van der Waals surface area (Å²) in [6, 6.07) is 0. The normalized spacial score (nSPS) is 53.0. The molecule has 3 aliphatic rings. The van der Waals surface area contributed by atoms with Gasteiger partial charge in [0.25, 0.3) is 0 Å². The summed E-state index contributed by atoms with van der Waals surface area (Å²) >= 11 is 10.5. The molecule has 0 aromatic rings. The van der Waals surface area contributed by atoms with Gasteiger partial charge < -0.3 is 9.47 Å². The van der Waals surface area contributed by atoms with Crippen LogP contribution >= 0.6 is 27.5 Å². The van der Waals surface area contributed by atoms with Gasteiger partial charge in [-0.1, -0.05) is 29.8 Å². The highest BCUT2D eigenvalue weighted by molar-refractivity contribution is 9.09. The van der Waals surface area contributed by atoms with Gasteiger partial charge in [-0.2, -0.15) is 0 Å². The molecule has 3 nitrogen and oxygen atoms in total. The minimum atomic E-state index is -0.417. The van der Waals surface area contributed by atoms with Crippen molar-refractivity contribution < 1.29 is 14.3 Å². The quantitative estimate of drug-likeness (QED) is 0.488. The van der Waals surface area contributed by atoms with Crippen molar-refractivity contribution >= 4 is 33.5 Å². The van der Waals surface area contributed by atoms with E-state index in [1.54, 1.807) is 0 Å². The molecule has 22 heavy (non-hydrogen) atoms. The Bertz CT molecular complexity index is 499. The summed E-state index contributed by atoms with van der Waals surface area (Å²) in [5, 5.41) is 0. The smallest absolute Gasteiger partial charge is 0.302 e. The fourth-order valence-corrected chi connectivity index (χ4v) is 6.43. The first-order valence-corrected chi connectivity index (χ1v) is 9.44. The molecule has 126 valence electrons. The Labute approximate surface area is 146 Å². The summed E-state index contributed by atoms with van der Waals surface area (Å²) in [6.45, 7) is 10.3. The van der Waals surface area contributed by atoms with Crippen LogP contribution < -0.4 is 0 Å². The Hall–Kier alpha value is 0.200. The van der Waals surface area contributed by atoms with Gasteiger partial charge in [-0.15, -0.1) is 11.6 Å². The summed E-state index contributed by atoms with van der Waals surface area (Å²) in [5.41, 5.74) is -0.489. The lowest BCUT2D eigenvalue weighted by Gasteiger charge is -2.60. The zero-order valence-electron chi connectivity index (χ0n) is 14.0. The first kappa shape index (κ1) is 17.0. The highest BCUT2D eigenvalue weighted by atomic mass is 79.9. The molecule has 0 amide bonds. The third kappa shape index (κ3) is 1.99. The van der Waals surface area contributed by atoms with Gasteiger partial charge in [0.05, 0.1) is 16.6 Å². The van der Waals surface area contributed by atoms with Crippen LogP contribution in [-0.4, -0.2) is 33.5 Å². The number of esters is 1. The number of hydrogen-bond donors (Lipinski definition) is 0. The van der Waals surface area contributed by atoms with E-state index < -0.39 is 4.87 Å². The second-order valence-corrected chi connectivity index (χ2v) is 10.3. The van der Waals surface area contributed by atoms with E-state index >= 15 is 0 Å². The summed E-state index contributed by atoms with van der Waals surface area (Å²) in [4.78, 5) is 11.5. The van der Waals surface area contributed by atoms with Gasteiger partial charge in [0.15, 0.2) is 0 Å². The number of rotatable bonds is 1. The Morgan fingerprint density at radius 3 is 2.41 bits per heavy atom. The van der Waals surface area contributed by atoms with Gasteiger partial charge >= 0.3 is 5.97 Å². The van der Waals surface area contributed by atoms with Crippen molar-refractivity contribution in [1.82, 2.24) is 0 Å². The standard InChI is InChI=1S/C17H26BrClO3/c1-10(20)21-13-9-15(4,19)11(18)8-17(13)14(2,3)12-6-7-16(17,5)22-12/h11-13H,6-9H2,1-5H3/t11-,12+,13-,15-,16-,17+/m1/s1. The van der Waals surface area contributed by atoms with Gasteiger partial charge in [-0.3, -0.25) is 4.79 Å². The average Bonchev–Trinajstić information content (AvgIpc) is 2.81. The van der Waals surface area contributed by atoms with Crippen molar-refractivity contribution in [1.29, 1.82) is 0 Å². The average molecular weight is 394 g/mol. The topological polar surface area (TPSA) is 35.5 Å². The van der Waals surface area contributed by atoms with E-state index in [1.165, 1.54) is 6.92 Å². The van der Waals surface area contributed by atoms with Crippen LogP contribution in [0, 0.1) is 10.8 Å². The molecule has 5 heteroatoms. The third-order valence-corrected chi connectivity index (χ3v) is 8.80. The van der Waals surface area contributed by atoms with Crippen molar-refractivity contribution in [3.63, 3.8) is 0 Å². The second kappa shape index (κ2) is 4.86. The Kier molecular flexibility index (Phi) is 3.76. The minimum absolute atomic E-state index is 0.0421. The maximum absolute atomic E-state index is 11.7. The fraction of sp³-hybridized carbons (Fsp3) is 0.941. The third-order valence-electron chi connectivity index (χ3n) is 6.78. The van der Waals surface area contributed by atoms with Crippen molar-refractivity contribution in [2.45, 2.75) is 87.8 Å². The zero-order chi connectivity index (χ0) is 16.6. The molecule has 0 radical (unpaired) electrons. The summed E-state index contributed by atoms with van der Waals surface area (Å²) in [5.74, 6) is -0.230. The Morgan fingerprint density at radius 1 is 1.27 bits per heavy atom. The predicted molar refractivity (Wildman–Crippen MR) is 90.5 cm³/mol. The molecule has 2 bridgehead atoms. The Balaban J connectivity index is 2.10. The molecule has 2 saturated heterocycles. The van der Waals surface area contributed by atoms with E-state index in [1.807, 2.05) is 6.92 Å². The van der Waals surface area contributed by atoms with E-state index in [4.69, 9.17) is 21.1 Å². The molecular formula is C17H26BrClO3. The molecule has 0 aromatic heterocycles. The molecule has 3 rings (SSSR count). The van der Waals surface area contributed by atoms with Crippen LogP contribution in [-0.2, 0) is 14.3 Å². The summed E-state index contributed by atoms with van der Waals surface area (Å²) < 4.78 is 12.3. The van der Waals surface area contributed by atoms with Gasteiger partial charge in [0, 0.05) is 29.0 Å². The maximum atomic E-state index is 11.7. The largest absolute Gasteiger partial charge is 0.462 e. The first-order chi connectivity index (χ1) is 9.96. The van der Waals surface area contributed by atoms with Crippen molar-refractivity contribution in [3.8, 4) is 0 Å². The molecule has 1 aliphatic carbocycles. The van der Waals surface area contributed by atoms with E-state index in [-0.39, 0.29) is 39.4 Å². The van der Waals surface area contributed by atoms with Crippen molar-refractivity contribution in [2.75, 3.05) is 0 Å². The van der Waals surface area contributed by atoms with Crippen LogP contribution in [0.4, 0.5) is 0 Å².